The molecule has 0 unspecified atom stereocenters. The zero-order chi connectivity index (χ0) is 17.6. The van der Waals surface area contributed by atoms with E-state index in [2.05, 4.69) is 4.98 Å². The molecule has 0 aliphatic carbocycles. The first kappa shape index (κ1) is 15.4. The average molecular weight is 339 g/mol. The molecule has 3 amide bonds. The molecule has 0 spiro atoms. The van der Waals surface area contributed by atoms with Crippen molar-refractivity contribution in [2.75, 3.05) is 18.0 Å². The summed E-state index contributed by atoms with van der Waals surface area (Å²) in [6.07, 6.45) is 5.73. The van der Waals surface area contributed by atoms with Gasteiger partial charge in [-0.25, -0.2) is 4.79 Å². The Kier molecular flexibility index (Phi) is 3.34. The molecule has 0 bridgehead atoms. The van der Waals surface area contributed by atoms with Crippen LogP contribution in [0.4, 0.5) is 10.5 Å². The molecule has 128 valence electrons. The van der Waals surface area contributed by atoms with Crippen molar-refractivity contribution in [3.63, 3.8) is 0 Å². The lowest BCUT2D eigenvalue weighted by Gasteiger charge is -2.25. The van der Waals surface area contributed by atoms with Crippen LogP contribution in [0.5, 0.6) is 0 Å². The average Bonchev–Trinajstić information content (AvgIpc) is 3.15. The maximum atomic E-state index is 12.7. The number of anilines is 1. The van der Waals surface area contributed by atoms with Crippen LogP contribution in [0.2, 0.25) is 0 Å². The summed E-state index contributed by atoms with van der Waals surface area (Å²) < 4.78 is 1.46. The van der Waals surface area contributed by atoms with Gasteiger partial charge >= 0.3 is 6.03 Å². The van der Waals surface area contributed by atoms with Crippen LogP contribution in [0.25, 0.3) is 5.69 Å². The summed E-state index contributed by atoms with van der Waals surface area (Å²) in [5.74, 6) is -0.458. The van der Waals surface area contributed by atoms with Crippen LogP contribution in [0.15, 0.2) is 47.7 Å². The minimum Gasteiger partial charge on any atom is -0.368 e. The van der Waals surface area contributed by atoms with E-state index in [1.165, 1.54) is 17.0 Å². The summed E-state index contributed by atoms with van der Waals surface area (Å²) in [5, 5.41) is 0. The Morgan fingerprint density at radius 2 is 1.88 bits per heavy atom. The van der Waals surface area contributed by atoms with Gasteiger partial charge in [-0.05, 0) is 37.1 Å². The van der Waals surface area contributed by atoms with Crippen LogP contribution in [-0.2, 0) is 4.79 Å². The predicted octanol–water partition coefficient (Wildman–Crippen LogP) is 0.492. The largest absolute Gasteiger partial charge is 0.368 e. The molecule has 2 aliphatic rings. The topological polar surface area (TPSA) is 102 Å². The Morgan fingerprint density at radius 3 is 2.52 bits per heavy atom. The van der Waals surface area contributed by atoms with Gasteiger partial charge < -0.3 is 10.6 Å². The van der Waals surface area contributed by atoms with Gasteiger partial charge in [0, 0.05) is 30.3 Å². The molecule has 2 fully saturated rings. The lowest BCUT2D eigenvalue weighted by molar-refractivity contribution is -0.125. The van der Waals surface area contributed by atoms with E-state index in [1.54, 1.807) is 40.3 Å². The lowest BCUT2D eigenvalue weighted by Crippen LogP contribution is -2.52. The van der Waals surface area contributed by atoms with E-state index < -0.39 is 11.4 Å². The summed E-state index contributed by atoms with van der Waals surface area (Å²) in [4.78, 5) is 43.4. The van der Waals surface area contributed by atoms with Gasteiger partial charge in [0.25, 0.3) is 5.56 Å². The van der Waals surface area contributed by atoms with Crippen LogP contribution in [-0.4, -0.2) is 45.0 Å². The molecule has 1 atom stereocenters. The number of fused-ring (bicyclic) bond motifs is 1. The second kappa shape index (κ2) is 5.44. The van der Waals surface area contributed by atoms with E-state index in [0.29, 0.717) is 24.3 Å². The van der Waals surface area contributed by atoms with E-state index in [-0.39, 0.29) is 18.1 Å². The van der Waals surface area contributed by atoms with Gasteiger partial charge in [-0.1, -0.05) is 0 Å². The van der Waals surface area contributed by atoms with E-state index in [1.807, 2.05) is 0 Å². The SMILES string of the molecule is NC(=O)[C@]12CCCN1C(=O)N(c1ccc(-n3ccncc3=O)cc1)C2. The number of hydrogen-bond acceptors (Lipinski definition) is 4. The van der Waals surface area contributed by atoms with E-state index in [4.69, 9.17) is 5.73 Å². The Morgan fingerprint density at radius 1 is 1.16 bits per heavy atom. The van der Waals surface area contributed by atoms with E-state index >= 15 is 0 Å². The number of hydrogen-bond donors (Lipinski definition) is 1. The third kappa shape index (κ3) is 2.21. The van der Waals surface area contributed by atoms with Gasteiger partial charge in [-0.15, -0.1) is 0 Å². The zero-order valence-electron chi connectivity index (χ0n) is 13.5. The molecule has 3 heterocycles. The van der Waals surface area contributed by atoms with Gasteiger partial charge in [0.05, 0.1) is 12.7 Å². The smallest absolute Gasteiger partial charge is 0.325 e. The first-order valence-corrected chi connectivity index (χ1v) is 8.05. The van der Waals surface area contributed by atoms with Crippen LogP contribution < -0.4 is 16.2 Å². The number of primary amides is 1. The number of rotatable bonds is 3. The highest BCUT2D eigenvalue weighted by Gasteiger charge is 2.56. The molecular weight excluding hydrogens is 322 g/mol. The molecule has 1 aromatic carbocycles. The van der Waals surface area contributed by atoms with Crippen molar-refractivity contribution >= 4 is 17.6 Å². The first-order valence-electron chi connectivity index (χ1n) is 8.05. The standard InChI is InChI=1S/C17H17N5O3/c18-15(24)17-6-1-8-22(17)16(25)21(11-17)13-4-2-12(3-5-13)20-9-7-19-10-14(20)23/h2-5,7,9-10H,1,6,8,11H2,(H2,18,24)/t17-/m1/s1. The van der Waals surface area contributed by atoms with Crippen molar-refractivity contribution < 1.29 is 9.59 Å². The number of amides is 3. The minimum absolute atomic E-state index is 0.204. The number of nitrogens with zero attached hydrogens (tertiary/aromatic N) is 4. The number of aromatic nitrogens is 2. The van der Waals surface area contributed by atoms with Gasteiger partial charge in [-0.2, -0.15) is 0 Å². The summed E-state index contributed by atoms with van der Waals surface area (Å²) in [5.41, 5.74) is 5.80. The van der Waals surface area contributed by atoms with Crippen molar-refractivity contribution in [3.05, 3.63) is 53.2 Å². The predicted molar refractivity (Wildman–Crippen MR) is 90.4 cm³/mol. The summed E-state index contributed by atoms with van der Waals surface area (Å²) in [6.45, 7) is 0.804. The maximum absolute atomic E-state index is 12.7. The summed E-state index contributed by atoms with van der Waals surface area (Å²) in [6, 6.07) is 6.83. The molecule has 8 heteroatoms. The molecule has 0 saturated carbocycles. The normalized spacial score (nSPS) is 22.3. The molecule has 2 N–H and O–H groups in total. The highest BCUT2D eigenvalue weighted by molar-refractivity contribution is 6.03. The third-order valence-corrected chi connectivity index (χ3v) is 4.99. The molecule has 2 aliphatic heterocycles. The molecular formula is C17H17N5O3. The summed E-state index contributed by atoms with van der Waals surface area (Å²) >= 11 is 0. The number of urea groups is 1. The molecule has 1 aromatic heterocycles. The quantitative estimate of drug-likeness (QED) is 0.879. The Hall–Kier alpha value is -3.16. The Labute approximate surface area is 143 Å². The lowest BCUT2D eigenvalue weighted by atomic mass is 9.96. The van der Waals surface area contributed by atoms with Crippen molar-refractivity contribution in [3.8, 4) is 5.69 Å². The third-order valence-electron chi connectivity index (χ3n) is 4.99. The fourth-order valence-corrected chi connectivity index (χ4v) is 3.69. The molecule has 2 saturated heterocycles. The highest BCUT2D eigenvalue weighted by Crippen LogP contribution is 2.38. The molecule has 2 aromatic rings. The molecule has 25 heavy (non-hydrogen) atoms. The number of nitrogens with two attached hydrogens (primary N) is 1. The number of carbonyl (C=O) groups is 2. The van der Waals surface area contributed by atoms with E-state index in [0.717, 1.165) is 6.42 Å². The van der Waals surface area contributed by atoms with Gasteiger partial charge in [-0.3, -0.25) is 24.0 Å². The molecule has 8 nitrogen and oxygen atoms in total. The Bertz CT molecular complexity index is 907. The van der Waals surface area contributed by atoms with Gasteiger partial charge in [0.1, 0.15) is 5.54 Å². The first-order chi connectivity index (χ1) is 12.0. The second-order valence-corrected chi connectivity index (χ2v) is 6.32. The monoisotopic (exact) mass is 339 g/mol. The highest BCUT2D eigenvalue weighted by atomic mass is 16.2. The van der Waals surface area contributed by atoms with Gasteiger partial charge in [0.2, 0.25) is 5.91 Å². The van der Waals surface area contributed by atoms with Crippen LogP contribution in [0, 0.1) is 0 Å². The fraction of sp³-hybridized carbons (Fsp3) is 0.294. The number of carbonyl (C=O) groups excluding carboxylic acids is 2. The van der Waals surface area contributed by atoms with E-state index in [9.17, 15) is 14.4 Å². The van der Waals surface area contributed by atoms with Crippen LogP contribution in [0.1, 0.15) is 12.8 Å². The second-order valence-electron chi connectivity index (χ2n) is 6.32. The van der Waals surface area contributed by atoms with Crippen LogP contribution in [0.3, 0.4) is 0 Å². The van der Waals surface area contributed by atoms with Gasteiger partial charge in [0.15, 0.2) is 0 Å². The molecule has 0 radical (unpaired) electrons. The molecule has 4 rings (SSSR count). The van der Waals surface area contributed by atoms with Crippen LogP contribution >= 0.6 is 0 Å². The Balaban J connectivity index is 1.65. The minimum atomic E-state index is -0.905. The maximum Gasteiger partial charge on any atom is 0.325 e. The van der Waals surface area contributed by atoms with Crippen molar-refractivity contribution in [2.24, 2.45) is 5.73 Å². The number of benzene rings is 1. The summed E-state index contributed by atoms with van der Waals surface area (Å²) in [7, 11) is 0. The van der Waals surface area contributed by atoms with Crippen molar-refractivity contribution in [2.45, 2.75) is 18.4 Å². The van der Waals surface area contributed by atoms with Crippen molar-refractivity contribution in [1.82, 2.24) is 14.5 Å². The zero-order valence-corrected chi connectivity index (χ0v) is 13.5. The fourth-order valence-electron chi connectivity index (χ4n) is 3.69. The van der Waals surface area contributed by atoms with Crippen molar-refractivity contribution in [1.29, 1.82) is 0 Å².